The van der Waals surface area contributed by atoms with Gasteiger partial charge in [0.15, 0.2) is 6.33 Å². The first kappa shape index (κ1) is 9.55. The van der Waals surface area contributed by atoms with E-state index >= 15 is 0 Å². The second kappa shape index (κ2) is 4.48. The Hall–Kier alpha value is -1.00. The smallest absolute Gasteiger partial charge is 0.198 e. The Morgan fingerprint density at radius 2 is 2.29 bits per heavy atom. The molecule has 1 aromatic rings. The lowest BCUT2D eigenvalue weighted by molar-refractivity contribution is 0.0335. The van der Waals surface area contributed by atoms with Crippen molar-refractivity contribution in [3.8, 4) is 0 Å². The minimum atomic E-state index is 0.827. The summed E-state index contributed by atoms with van der Waals surface area (Å²) in [6.45, 7) is 6.55. The van der Waals surface area contributed by atoms with Gasteiger partial charge in [0.1, 0.15) is 0 Å². The van der Waals surface area contributed by atoms with E-state index in [1.807, 2.05) is 13.1 Å². The number of ether oxygens (including phenoxy) is 1. The van der Waals surface area contributed by atoms with Crippen molar-refractivity contribution in [1.82, 2.24) is 14.9 Å². The van der Waals surface area contributed by atoms with Gasteiger partial charge in [-0.15, -0.1) is 0 Å². The largest absolute Gasteiger partial charge is 0.379 e. The third kappa shape index (κ3) is 2.27. The van der Waals surface area contributed by atoms with Gasteiger partial charge in [0.05, 0.1) is 18.9 Å². The van der Waals surface area contributed by atoms with E-state index in [9.17, 15) is 0 Å². The van der Waals surface area contributed by atoms with Crippen molar-refractivity contribution >= 4 is 0 Å². The van der Waals surface area contributed by atoms with E-state index in [1.54, 1.807) is 0 Å². The molecule has 0 aliphatic carbocycles. The zero-order chi connectivity index (χ0) is 9.80. The fourth-order valence-corrected chi connectivity index (χ4v) is 1.51. The van der Waals surface area contributed by atoms with E-state index in [2.05, 4.69) is 21.2 Å². The lowest BCUT2D eigenvalue weighted by Gasteiger charge is -2.26. The highest BCUT2D eigenvalue weighted by atomic mass is 16.5. The summed E-state index contributed by atoms with van der Waals surface area (Å²) in [5.74, 6) is 0. The SMILES string of the molecule is Cc1cn[c]nc1CN1CCOCC1. The summed E-state index contributed by atoms with van der Waals surface area (Å²) in [7, 11) is 0. The molecule has 2 rings (SSSR count). The third-order valence-electron chi connectivity index (χ3n) is 2.43. The van der Waals surface area contributed by atoms with Gasteiger partial charge in [-0.2, -0.15) is 0 Å². The van der Waals surface area contributed by atoms with Crippen LogP contribution in [0.25, 0.3) is 0 Å². The summed E-state index contributed by atoms with van der Waals surface area (Å²) < 4.78 is 5.29. The van der Waals surface area contributed by atoms with Crippen LogP contribution in [0.5, 0.6) is 0 Å². The molecule has 0 aromatic carbocycles. The molecule has 1 saturated heterocycles. The quantitative estimate of drug-likeness (QED) is 0.680. The molecule has 75 valence electrons. The molecule has 2 heterocycles. The second-order valence-corrected chi connectivity index (χ2v) is 3.49. The molecular formula is C10H14N3O. The van der Waals surface area contributed by atoms with Gasteiger partial charge < -0.3 is 4.74 Å². The number of aryl methyl sites for hydroxylation is 1. The normalized spacial score (nSPS) is 18.4. The molecule has 0 amide bonds. The number of morpholine rings is 1. The van der Waals surface area contributed by atoms with Crippen LogP contribution in [0, 0.1) is 13.3 Å². The Labute approximate surface area is 83.9 Å². The molecule has 1 aromatic heterocycles. The number of hydrogen-bond donors (Lipinski definition) is 0. The summed E-state index contributed by atoms with van der Waals surface area (Å²) in [4.78, 5) is 10.4. The minimum absolute atomic E-state index is 0.827. The van der Waals surface area contributed by atoms with Gasteiger partial charge in [-0.1, -0.05) is 0 Å². The Morgan fingerprint density at radius 1 is 1.50 bits per heavy atom. The lowest BCUT2D eigenvalue weighted by Crippen LogP contribution is -2.36. The molecule has 0 saturated carbocycles. The van der Waals surface area contributed by atoms with Gasteiger partial charge in [-0.05, 0) is 12.5 Å². The average molecular weight is 192 g/mol. The summed E-state index contributed by atoms with van der Waals surface area (Å²) >= 11 is 0. The van der Waals surface area contributed by atoms with Crippen LogP contribution in [0.15, 0.2) is 6.20 Å². The summed E-state index contributed by atoms with van der Waals surface area (Å²) in [5, 5.41) is 0. The van der Waals surface area contributed by atoms with Crippen LogP contribution < -0.4 is 0 Å². The highest BCUT2D eigenvalue weighted by molar-refractivity contribution is 5.12. The molecule has 1 radical (unpaired) electrons. The highest BCUT2D eigenvalue weighted by Crippen LogP contribution is 2.07. The zero-order valence-electron chi connectivity index (χ0n) is 8.36. The molecule has 1 aliphatic rings. The Balaban J connectivity index is 1.99. The number of hydrogen-bond acceptors (Lipinski definition) is 4. The maximum Gasteiger partial charge on any atom is 0.198 e. The maximum absolute atomic E-state index is 5.29. The average Bonchev–Trinajstić information content (AvgIpc) is 2.23. The van der Waals surface area contributed by atoms with Gasteiger partial charge in [-0.3, -0.25) is 4.90 Å². The van der Waals surface area contributed by atoms with Crippen LogP contribution in [0.2, 0.25) is 0 Å². The number of nitrogens with zero attached hydrogens (tertiary/aromatic N) is 3. The fraction of sp³-hybridized carbons (Fsp3) is 0.600. The molecule has 0 atom stereocenters. The van der Waals surface area contributed by atoms with E-state index in [4.69, 9.17) is 4.74 Å². The van der Waals surface area contributed by atoms with E-state index in [1.165, 1.54) is 0 Å². The van der Waals surface area contributed by atoms with Gasteiger partial charge in [0.25, 0.3) is 0 Å². The van der Waals surface area contributed by atoms with Crippen molar-refractivity contribution in [3.63, 3.8) is 0 Å². The van der Waals surface area contributed by atoms with Crippen molar-refractivity contribution in [2.24, 2.45) is 0 Å². The monoisotopic (exact) mass is 192 g/mol. The van der Waals surface area contributed by atoms with E-state index in [0.717, 1.165) is 44.1 Å². The first-order valence-corrected chi connectivity index (χ1v) is 4.85. The van der Waals surface area contributed by atoms with E-state index in [-0.39, 0.29) is 0 Å². The Morgan fingerprint density at radius 3 is 3.00 bits per heavy atom. The van der Waals surface area contributed by atoms with Gasteiger partial charge in [0, 0.05) is 25.8 Å². The summed E-state index contributed by atoms with van der Waals surface area (Å²) in [5.41, 5.74) is 2.21. The van der Waals surface area contributed by atoms with Crippen LogP contribution in [0.3, 0.4) is 0 Å². The Bertz CT molecular complexity index is 297. The van der Waals surface area contributed by atoms with Crippen LogP contribution >= 0.6 is 0 Å². The van der Waals surface area contributed by atoms with Gasteiger partial charge >= 0.3 is 0 Å². The van der Waals surface area contributed by atoms with Crippen molar-refractivity contribution in [2.45, 2.75) is 13.5 Å². The van der Waals surface area contributed by atoms with E-state index in [0.29, 0.717) is 0 Å². The predicted octanol–water partition coefficient (Wildman–Crippen LogP) is 0.417. The van der Waals surface area contributed by atoms with Crippen molar-refractivity contribution in [1.29, 1.82) is 0 Å². The van der Waals surface area contributed by atoms with Crippen molar-refractivity contribution < 1.29 is 4.74 Å². The lowest BCUT2D eigenvalue weighted by atomic mass is 10.2. The molecule has 0 bridgehead atoms. The molecule has 1 aliphatic heterocycles. The minimum Gasteiger partial charge on any atom is -0.379 e. The summed E-state index contributed by atoms with van der Waals surface area (Å²) in [6.07, 6.45) is 4.44. The van der Waals surface area contributed by atoms with Crippen LogP contribution in [-0.2, 0) is 11.3 Å². The Kier molecular flexibility index (Phi) is 3.06. The molecule has 1 fully saturated rings. The van der Waals surface area contributed by atoms with Gasteiger partial charge in [-0.25, -0.2) is 9.97 Å². The van der Waals surface area contributed by atoms with Crippen molar-refractivity contribution in [3.05, 3.63) is 23.8 Å². The predicted molar refractivity (Wildman–Crippen MR) is 51.7 cm³/mol. The van der Waals surface area contributed by atoms with Crippen molar-refractivity contribution in [2.75, 3.05) is 26.3 Å². The van der Waals surface area contributed by atoms with Crippen LogP contribution in [0.4, 0.5) is 0 Å². The second-order valence-electron chi connectivity index (χ2n) is 3.49. The summed E-state index contributed by atoms with van der Waals surface area (Å²) in [6, 6.07) is 0. The van der Waals surface area contributed by atoms with Crippen LogP contribution in [0.1, 0.15) is 11.3 Å². The molecule has 4 nitrogen and oxygen atoms in total. The number of rotatable bonds is 2. The molecule has 0 N–H and O–H groups in total. The maximum atomic E-state index is 5.29. The number of aromatic nitrogens is 2. The first-order valence-electron chi connectivity index (χ1n) is 4.85. The zero-order valence-corrected chi connectivity index (χ0v) is 8.36. The highest BCUT2D eigenvalue weighted by Gasteiger charge is 2.12. The molecule has 0 unspecified atom stereocenters. The standard InChI is InChI=1S/C10H14N3O/c1-9-6-11-8-12-10(9)7-13-2-4-14-5-3-13/h6H,2-5,7H2,1H3. The van der Waals surface area contributed by atoms with E-state index < -0.39 is 0 Å². The fourth-order valence-electron chi connectivity index (χ4n) is 1.51. The topological polar surface area (TPSA) is 38.2 Å². The van der Waals surface area contributed by atoms with Crippen LogP contribution in [-0.4, -0.2) is 41.2 Å². The molecule has 14 heavy (non-hydrogen) atoms. The third-order valence-corrected chi connectivity index (χ3v) is 2.43. The first-order chi connectivity index (χ1) is 6.86. The molecule has 0 spiro atoms. The molecule has 4 heteroatoms. The van der Waals surface area contributed by atoms with Gasteiger partial charge in [0.2, 0.25) is 0 Å². The molecular weight excluding hydrogens is 178 g/mol.